The third-order valence-electron chi connectivity index (χ3n) is 6.31. The zero-order chi connectivity index (χ0) is 14.8. The van der Waals surface area contributed by atoms with Crippen LogP contribution in [0, 0.1) is 16.2 Å². The maximum atomic E-state index is 13.0. The van der Waals surface area contributed by atoms with E-state index in [-0.39, 0.29) is 11.7 Å². The van der Waals surface area contributed by atoms with Crippen molar-refractivity contribution in [2.75, 3.05) is 26.2 Å². The number of nitrogens with zero attached hydrogens (tertiary/aromatic N) is 1. The largest absolute Gasteiger partial charge is 0.339 e. The van der Waals surface area contributed by atoms with Crippen LogP contribution >= 0.6 is 0 Å². The van der Waals surface area contributed by atoms with Crippen molar-refractivity contribution in [1.82, 2.24) is 10.2 Å². The number of fused-ring (bicyclic) bond motifs is 2. The zero-order valence-electron chi connectivity index (χ0n) is 12.4. The molecule has 0 aromatic heterocycles. The molecule has 1 saturated heterocycles. The molecule has 2 unspecified atom stereocenters. The van der Waals surface area contributed by atoms with Gasteiger partial charge in [0.25, 0.3) is 0 Å². The van der Waals surface area contributed by atoms with E-state index in [4.69, 9.17) is 0 Å². The van der Waals surface area contributed by atoms with Gasteiger partial charge in [-0.1, -0.05) is 20.8 Å². The van der Waals surface area contributed by atoms with Crippen LogP contribution in [-0.2, 0) is 14.4 Å². The number of carbonyl (C=O) groups excluding carboxylic acids is 3. The van der Waals surface area contributed by atoms with E-state index in [1.54, 1.807) is 4.90 Å². The summed E-state index contributed by atoms with van der Waals surface area (Å²) in [6.07, 6.45) is 1.16. The van der Waals surface area contributed by atoms with E-state index < -0.39 is 22.0 Å². The van der Waals surface area contributed by atoms with Crippen LogP contribution < -0.4 is 5.32 Å². The van der Waals surface area contributed by atoms with Crippen LogP contribution in [0.4, 0.5) is 0 Å². The summed E-state index contributed by atoms with van der Waals surface area (Å²) in [4.78, 5) is 39.7. The predicted molar refractivity (Wildman–Crippen MR) is 73.0 cm³/mol. The molecule has 0 spiro atoms. The Balaban J connectivity index is 2.04. The molecule has 2 aliphatic carbocycles. The molecule has 110 valence electrons. The van der Waals surface area contributed by atoms with Gasteiger partial charge < -0.3 is 10.2 Å². The van der Waals surface area contributed by atoms with Crippen molar-refractivity contribution in [1.29, 1.82) is 0 Å². The summed E-state index contributed by atoms with van der Waals surface area (Å²) < 4.78 is 0. The van der Waals surface area contributed by atoms with E-state index in [0.717, 1.165) is 13.1 Å². The normalized spacial score (nSPS) is 39.5. The molecule has 5 heteroatoms. The number of nitrogens with one attached hydrogen (secondary N) is 1. The first-order chi connectivity index (χ1) is 9.29. The molecule has 3 rings (SSSR count). The SMILES string of the molecule is CC12CCC(C(=O)N3CCNCC3)(C(=O)C1=O)C2(C)C. The Morgan fingerprint density at radius 2 is 1.65 bits per heavy atom. The number of carbonyl (C=O) groups is 3. The van der Waals surface area contributed by atoms with E-state index in [1.165, 1.54) is 0 Å². The second-order valence-electron chi connectivity index (χ2n) is 7.06. The van der Waals surface area contributed by atoms with Crippen LogP contribution in [0.15, 0.2) is 0 Å². The average molecular weight is 278 g/mol. The van der Waals surface area contributed by atoms with Crippen molar-refractivity contribution in [2.45, 2.75) is 33.6 Å². The van der Waals surface area contributed by atoms with Gasteiger partial charge >= 0.3 is 0 Å². The summed E-state index contributed by atoms with van der Waals surface area (Å²) in [6.45, 7) is 8.44. The average Bonchev–Trinajstić information content (AvgIpc) is 2.71. The van der Waals surface area contributed by atoms with Crippen molar-refractivity contribution in [3.05, 3.63) is 0 Å². The Morgan fingerprint density at radius 3 is 2.15 bits per heavy atom. The summed E-state index contributed by atoms with van der Waals surface area (Å²) in [5, 5.41) is 3.20. The number of hydrogen-bond donors (Lipinski definition) is 1. The van der Waals surface area contributed by atoms with Gasteiger partial charge in [0.05, 0.1) is 0 Å². The van der Waals surface area contributed by atoms with Crippen LogP contribution in [0.1, 0.15) is 33.6 Å². The zero-order valence-corrected chi connectivity index (χ0v) is 12.4. The molecule has 20 heavy (non-hydrogen) atoms. The second kappa shape index (κ2) is 3.91. The standard InChI is InChI=1S/C15H22N2O3/c1-13(2)14(3)4-5-15(13,11(19)10(14)18)12(20)17-8-6-16-7-9-17/h16H,4-9H2,1-3H3. The summed E-state index contributed by atoms with van der Waals surface area (Å²) in [6, 6.07) is 0. The molecule has 3 fully saturated rings. The molecule has 1 amide bonds. The molecule has 0 aromatic carbocycles. The lowest BCUT2D eigenvalue weighted by molar-refractivity contribution is -0.155. The number of Topliss-reactive ketones (excluding diaryl/α,β-unsaturated/α-hetero) is 2. The van der Waals surface area contributed by atoms with Gasteiger partial charge in [-0.2, -0.15) is 0 Å². The maximum Gasteiger partial charge on any atom is 0.237 e. The first-order valence-corrected chi connectivity index (χ1v) is 7.38. The maximum absolute atomic E-state index is 13.0. The predicted octanol–water partition coefficient (Wildman–Crippen LogP) is 0.383. The summed E-state index contributed by atoms with van der Waals surface area (Å²) in [7, 11) is 0. The Kier molecular flexibility index (Phi) is 2.68. The van der Waals surface area contributed by atoms with Crippen molar-refractivity contribution in [3.63, 3.8) is 0 Å². The highest BCUT2D eigenvalue weighted by Crippen LogP contribution is 2.69. The van der Waals surface area contributed by atoms with Crippen molar-refractivity contribution in [3.8, 4) is 0 Å². The van der Waals surface area contributed by atoms with Gasteiger partial charge in [0.1, 0.15) is 5.41 Å². The molecule has 1 heterocycles. The van der Waals surface area contributed by atoms with E-state index >= 15 is 0 Å². The van der Waals surface area contributed by atoms with Gasteiger partial charge in [-0.25, -0.2) is 0 Å². The minimum absolute atomic E-state index is 0.122. The molecule has 0 aromatic rings. The van der Waals surface area contributed by atoms with Crippen LogP contribution in [0.2, 0.25) is 0 Å². The minimum atomic E-state index is -1.11. The van der Waals surface area contributed by atoms with Gasteiger partial charge in [0.2, 0.25) is 17.5 Å². The van der Waals surface area contributed by atoms with Gasteiger partial charge in [-0.3, -0.25) is 14.4 Å². The molecule has 2 atom stereocenters. The number of ketones is 2. The van der Waals surface area contributed by atoms with Crippen molar-refractivity contribution in [2.24, 2.45) is 16.2 Å². The monoisotopic (exact) mass is 278 g/mol. The highest BCUT2D eigenvalue weighted by atomic mass is 16.2. The molecule has 2 saturated carbocycles. The molecule has 0 radical (unpaired) electrons. The summed E-state index contributed by atoms with van der Waals surface area (Å²) >= 11 is 0. The Labute approximate surface area is 119 Å². The first kappa shape index (κ1) is 13.7. The Bertz CT molecular complexity index is 507. The minimum Gasteiger partial charge on any atom is -0.339 e. The molecular weight excluding hydrogens is 256 g/mol. The fourth-order valence-corrected chi connectivity index (χ4v) is 4.38. The summed E-state index contributed by atoms with van der Waals surface area (Å²) in [5.74, 6) is -0.902. The van der Waals surface area contributed by atoms with E-state index in [1.807, 2.05) is 20.8 Å². The molecule has 3 aliphatic rings. The third kappa shape index (κ3) is 1.25. The molecule has 1 aliphatic heterocycles. The topological polar surface area (TPSA) is 66.5 Å². The van der Waals surface area contributed by atoms with Crippen molar-refractivity contribution >= 4 is 17.5 Å². The number of piperazine rings is 1. The van der Waals surface area contributed by atoms with E-state index in [2.05, 4.69) is 5.32 Å². The number of rotatable bonds is 1. The van der Waals surface area contributed by atoms with Gasteiger partial charge in [-0.15, -0.1) is 0 Å². The van der Waals surface area contributed by atoms with Crippen molar-refractivity contribution < 1.29 is 14.4 Å². The third-order valence-corrected chi connectivity index (χ3v) is 6.31. The van der Waals surface area contributed by atoms with Gasteiger partial charge in [-0.05, 0) is 18.3 Å². The Morgan fingerprint density at radius 1 is 1.05 bits per heavy atom. The lowest BCUT2D eigenvalue weighted by Crippen LogP contribution is -2.56. The summed E-state index contributed by atoms with van der Waals surface area (Å²) in [5.41, 5.74) is -2.37. The highest BCUT2D eigenvalue weighted by molar-refractivity contribution is 6.48. The van der Waals surface area contributed by atoms with Crippen LogP contribution in [0.3, 0.4) is 0 Å². The van der Waals surface area contributed by atoms with Crippen LogP contribution in [-0.4, -0.2) is 48.6 Å². The molecule has 5 nitrogen and oxygen atoms in total. The lowest BCUT2D eigenvalue weighted by atomic mass is 9.64. The molecular formula is C15H22N2O3. The van der Waals surface area contributed by atoms with Crippen LogP contribution in [0.25, 0.3) is 0 Å². The molecule has 2 bridgehead atoms. The number of amides is 1. The van der Waals surface area contributed by atoms with E-state index in [0.29, 0.717) is 25.9 Å². The quantitative estimate of drug-likeness (QED) is 0.556. The van der Waals surface area contributed by atoms with Gasteiger partial charge in [0.15, 0.2) is 0 Å². The van der Waals surface area contributed by atoms with E-state index in [9.17, 15) is 14.4 Å². The fourth-order valence-electron chi connectivity index (χ4n) is 4.38. The number of hydrogen-bond acceptors (Lipinski definition) is 4. The highest BCUT2D eigenvalue weighted by Gasteiger charge is 2.78. The second-order valence-corrected chi connectivity index (χ2v) is 7.06. The molecule has 1 N–H and O–H groups in total. The fraction of sp³-hybridized carbons (Fsp3) is 0.800. The lowest BCUT2D eigenvalue weighted by Gasteiger charge is -2.41. The van der Waals surface area contributed by atoms with Crippen LogP contribution in [0.5, 0.6) is 0 Å². The first-order valence-electron chi connectivity index (χ1n) is 7.38. The Hall–Kier alpha value is -1.23. The smallest absolute Gasteiger partial charge is 0.237 e. The van der Waals surface area contributed by atoms with Gasteiger partial charge in [0, 0.05) is 31.6 Å².